The second kappa shape index (κ2) is 7.26. The topological polar surface area (TPSA) is 83.0 Å². The Hall–Kier alpha value is -2.72. The van der Waals surface area contributed by atoms with Crippen molar-refractivity contribution in [2.24, 2.45) is 5.92 Å². The first-order valence-electron chi connectivity index (χ1n) is 8.46. The van der Waals surface area contributed by atoms with Crippen LogP contribution in [0.15, 0.2) is 22.8 Å². The number of thiophene rings is 1. The highest BCUT2D eigenvalue weighted by Gasteiger charge is 2.24. The SMILES string of the molecule is CCN(C[C@H](C)C#N)C(=O)c1sc2nc(-c3ccco3)nc(C)c2c1C. The molecule has 3 rings (SSSR count). The Morgan fingerprint density at radius 2 is 2.19 bits per heavy atom. The van der Waals surface area contributed by atoms with Gasteiger partial charge in [-0.1, -0.05) is 0 Å². The maximum absolute atomic E-state index is 13.0. The van der Waals surface area contributed by atoms with Gasteiger partial charge in [0.2, 0.25) is 0 Å². The average molecular weight is 368 g/mol. The molecule has 3 aromatic heterocycles. The number of nitriles is 1. The molecule has 6 nitrogen and oxygen atoms in total. The zero-order valence-electron chi connectivity index (χ0n) is 15.2. The number of aryl methyl sites for hydroxylation is 2. The summed E-state index contributed by atoms with van der Waals surface area (Å²) < 4.78 is 5.39. The van der Waals surface area contributed by atoms with Gasteiger partial charge in [-0.05, 0) is 45.4 Å². The molecule has 26 heavy (non-hydrogen) atoms. The summed E-state index contributed by atoms with van der Waals surface area (Å²) in [4.78, 5) is 25.3. The van der Waals surface area contributed by atoms with E-state index < -0.39 is 0 Å². The third kappa shape index (κ3) is 3.20. The minimum atomic E-state index is -0.208. The number of fused-ring (bicyclic) bond motifs is 1. The fraction of sp³-hybridized carbons (Fsp3) is 0.368. The van der Waals surface area contributed by atoms with Crippen molar-refractivity contribution in [2.75, 3.05) is 13.1 Å². The number of amides is 1. The number of aromatic nitrogens is 2. The Balaban J connectivity index is 2.04. The van der Waals surface area contributed by atoms with Crippen LogP contribution in [0.4, 0.5) is 0 Å². The van der Waals surface area contributed by atoms with E-state index in [0.717, 1.165) is 21.5 Å². The Morgan fingerprint density at radius 3 is 2.81 bits per heavy atom. The molecule has 0 bridgehead atoms. The fourth-order valence-electron chi connectivity index (χ4n) is 2.93. The standard InChI is InChI=1S/C19H20N4O2S/c1-5-23(10-11(2)9-20)19(24)16-12(3)15-13(4)21-17(22-18(15)26-16)14-7-6-8-25-14/h6-8,11H,5,10H2,1-4H3/t11-/m1/s1. The van der Waals surface area contributed by atoms with E-state index in [-0.39, 0.29) is 11.8 Å². The smallest absolute Gasteiger partial charge is 0.264 e. The van der Waals surface area contributed by atoms with Gasteiger partial charge in [-0.3, -0.25) is 4.79 Å². The molecule has 0 radical (unpaired) electrons. The highest BCUT2D eigenvalue weighted by molar-refractivity contribution is 7.20. The molecule has 1 amide bonds. The Bertz CT molecular complexity index is 985. The molecule has 0 saturated carbocycles. The molecule has 0 spiro atoms. The van der Waals surface area contributed by atoms with Gasteiger partial charge in [-0.15, -0.1) is 11.3 Å². The number of hydrogen-bond donors (Lipinski definition) is 0. The van der Waals surface area contributed by atoms with Crippen LogP contribution in [0.25, 0.3) is 21.8 Å². The molecule has 1 atom stereocenters. The molecule has 7 heteroatoms. The van der Waals surface area contributed by atoms with E-state index >= 15 is 0 Å². The molecule has 3 heterocycles. The fourth-order valence-corrected chi connectivity index (χ4v) is 4.13. The van der Waals surface area contributed by atoms with Crippen molar-refractivity contribution < 1.29 is 9.21 Å². The molecule has 134 valence electrons. The van der Waals surface area contributed by atoms with E-state index in [4.69, 9.17) is 9.68 Å². The first-order valence-corrected chi connectivity index (χ1v) is 9.28. The van der Waals surface area contributed by atoms with Gasteiger partial charge in [0.25, 0.3) is 5.91 Å². The summed E-state index contributed by atoms with van der Waals surface area (Å²) in [6.07, 6.45) is 1.59. The lowest BCUT2D eigenvalue weighted by molar-refractivity contribution is 0.0757. The van der Waals surface area contributed by atoms with Crippen LogP contribution in [0.3, 0.4) is 0 Å². The van der Waals surface area contributed by atoms with E-state index in [0.29, 0.717) is 29.6 Å². The van der Waals surface area contributed by atoms with Gasteiger partial charge < -0.3 is 9.32 Å². The zero-order chi connectivity index (χ0) is 18.8. The maximum Gasteiger partial charge on any atom is 0.264 e. The van der Waals surface area contributed by atoms with Gasteiger partial charge in [-0.2, -0.15) is 5.26 Å². The molecule has 0 unspecified atom stereocenters. The number of nitrogens with zero attached hydrogens (tertiary/aromatic N) is 4. The monoisotopic (exact) mass is 368 g/mol. The first-order chi connectivity index (χ1) is 12.5. The second-order valence-corrected chi connectivity index (χ2v) is 7.22. The van der Waals surface area contributed by atoms with Gasteiger partial charge in [0.1, 0.15) is 4.83 Å². The van der Waals surface area contributed by atoms with Crippen LogP contribution in [0, 0.1) is 31.1 Å². The van der Waals surface area contributed by atoms with Crippen LogP contribution >= 0.6 is 11.3 Å². The third-order valence-corrected chi connectivity index (χ3v) is 5.46. The highest BCUT2D eigenvalue weighted by atomic mass is 32.1. The summed E-state index contributed by atoms with van der Waals surface area (Å²) in [5.74, 6) is 0.854. The predicted molar refractivity (Wildman–Crippen MR) is 101 cm³/mol. The Kier molecular flexibility index (Phi) is 5.05. The van der Waals surface area contributed by atoms with Gasteiger partial charge in [0.05, 0.1) is 28.8 Å². The van der Waals surface area contributed by atoms with Crippen molar-refractivity contribution in [1.29, 1.82) is 5.26 Å². The van der Waals surface area contributed by atoms with E-state index in [9.17, 15) is 4.79 Å². The lowest BCUT2D eigenvalue weighted by Crippen LogP contribution is -2.34. The van der Waals surface area contributed by atoms with Crippen molar-refractivity contribution in [2.45, 2.75) is 27.7 Å². The predicted octanol–water partition coefficient (Wildman–Crippen LogP) is 4.19. The summed E-state index contributed by atoms with van der Waals surface area (Å²) in [5.41, 5.74) is 1.71. The van der Waals surface area contributed by atoms with E-state index in [1.165, 1.54) is 11.3 Å². The Labute approximate surface area is 156 Å². The number of carbonyl (C=O) groups is 1. The molecule has 0 saturated heterocycles. The molecule has 0 aliphatic heterocycles. The molecule has 0 aliphatic carbocycles. The van der Waals surface area contributed by atoms with Crippen LogP contribution in [0.5, 0.6) is 0 Å². The normalized spacial score (nSPS) is 12.1. The quantitative estimate of drug-likeness (QED) is 0.674. The largest absolute Gasteiger partial charge is 0.461 e. The van der Waals surface area contributed by atoms with E-state index in [1.54, 1.807) is 17.2 Å². The number of hydrogen-bond acceptors (Lipinski definition) is 6. The van der Waals surface area contributed by atoms with Crippen LogP contribution < -0.4 is 0 Å². The van der Waals surface area contributed by atoms with E-state index in [1.807, 2.05) is 33.8 Å². The molecule has 0 aliphatic rings. The van der Waals surface area contributed by atoms with Gasteiger partial charge in [0.15, 0.2) is 11.6 Å². The van der Waals surface area contributed by atoms with Crippen LogP contribution in [0.2, 0.25) is 0 Å². The Morgan fingerprint density at radius 1 is 1.42 bits per heavy atom. The molecular formula is C19H20N4O2S. The summed E-state index contributed by atoms with van der Waals surface area (Å²) in [6, 6.07) is 5.79. The van der Waals surface area contributed by atoms with Gasteiger partial charge >= 0.3 is 0 Å². The molecule has 0 fully saturated rings. The van der Waals surface area contributed by atoms with Crippen LogP contribution in [-0.4, -0.2) is 33.9 Å². The third-order valence-electron chi connectivity index (χ3n) is 4.29. The average Bonchev–Trinajstić information content (AvgIpc) is 3.27. The van der Waals surface area contributed by atoms with Crippen molar-refractivity contribution in [3.05, 3.63) is 34.5 Å². The van der Waals surface area contributed by atoms with Crippen LogP contribution in [-0.2, 0) is 0 Å². The molecule has 0 aromatic carbocycles. The summed E-state index contributed by atoms with van der Waals surface area (Å²) in [7, 11) is 0. The lowest BCUT2D eigenvalue weighted by atomic mass is 10.1. The summed E-state index contributed by atoms with van der Waals surface area (Å²) in [5, 5.41) is 9.96. The molecule has 0 N–H and O–H groups in total. The van der Waals surface area contributed by atoms with Gasteiger partial charge in [0, 0.05) is 18.5 Å². The number of furan rings is 1. The highest BCUT2D eigenvalue weighted by Crippen LogP contribution is 2.33. The van der Waals surface area contributed by atoms with Crippen molar-refractivity contribution in [1.82, 2.24) is 14.9 Å². The number of rotatable bonds is 5. The first kappa shape index (κ1) is 18.1. The minimum absolute atomic E-state index is 0.0611. The lowest BCUT2D eigenvalue weighted by Gasteiger charge is -2.21. The van der Waals surface area contributed by atoms with Crippen molar-refractivity contribution in [3.63, 3.8) is 0 Å². The second-order valence-electron chi connectivity index (χ2n) is 6.22. The summed E-state index contributed by atoms with van der Waals surface area (Å²) in [6.45, 7) is 8.56. The van der Waals surface area contributed by atoms with Gasteiger partial charge in [-0.25, -0.2) is 9.97 Å². The minimum Gasteiger partial charge on any atom is -0.461 e. The maximum atomic E-state index is 13.0. The van der Waals surface area contributed by atoms with Crippen LogP contribution in [0.1, 0.15) is 34.8 Å². The molecular weight excluding hydrogens is 348 g/mol. The van der Waals surface area contributed by atoms with E-state index in [2.05, 4.69) is 16.0 Å². The molecule has 3 aromatic rings. The zero-order valence-corrected chi connectivity index (χ0v) is 16.1. The summed E-state index contributed by atoms with van der Waals surface area (Å²) >= 11 is 1.37. The van der Waals surface area contributed by atoms with Crippen molar-refractivity contribution in [3.8, 4) is 17.7 Å². The number of carbonyl (C=O) groups excluding carboxylic acids is 1. The van der Waals surface area contributed by atoms with Crippen molar-refractivity contribution >= 4 is 27.5 Å².